The van der Waals surface area contributed by atoms with Gasteiger partial charge in [-0.15, -0.1) is 11.3 Å². The summed E-state index contributed by atoms with van der Waals surface area (Å²) in [6.07, 6.45) is 0.0597. The Morgan fingerprint density at radius 3 is 2.57 bits per heavy atom. The van der Waals surface area contributed by atoms with Crippen LogP contribution in [0.5, 0.6) is 0 Å². The van der Waals surface area contributed by atoms with Crippen LogP contribution in [0.1, 0.15) is 27.2 Å². The zero-order valence-electron chi connectivity index (χ0n) is 11.9. The standard InChI is InChI=1S/C17H16BrNOS/c1-10-11(2)21-17(19-10)9-16(20)14-4-3-13-8-15(18)6-5-12(13)7-14/h3-8,16,20H,9H2,1-2H3. The highest BCUT2D eigenvalue weighted by Gasteiger charge is 2.13. The fourth-order valence-corrected chi connectivity index (χ4v) is 3.70. The average Bonchev–Trinajstić information content (AvgIpc) is 2.76. The number of aliphatic hydroxyl groups is 1. The van der Waals surface area contributed by atoms with Gasteiger partial charge in [-0.3, -0.25) is 0 Å². The second-order valence-electron chi connectivity index (χ2n) is 5.22. The average molecular weight is 362 g/mol. The fraction of sp³-hybridized carbons (Fsp3) is 0.235. The highest BCUT2D eigenvalue weighted by Crippen LogP contribution is 2.27. The zero-order valence-corrected chi connectivity index (χ0v) is 14.3. The number of aryl methyl sites for hydroxylation is 2. The number of aliphatic hydroxyl groups excluding tert-OH is 1. The Kier molecular flexibility index (Phi) is 4.11. The van der Waals surface area contributed by atoms with Crippen molar-refractivity contribution in [2.24, 2.45) is 0 Å². The van der Waals surface area contributed by atoms with Crippen LogP contribution in [0.15, 0.2) is 40.9 Å². The molecule has 0 saturated carbocycles. The molecule has 2 nitrogen and oxygen atoms in total. The lowest BCUT2D eigenvalue weighted by Crippen LogP contribution is -2.01. The Labute approximate surface area is 136 Å². The predicted octanol–water partition coefficient (Wildman–Crippen LogP) is 4.95. The number of nitrogens with zero attached hydrogens (tertiary/aromatic N) is 1. The second kappa shape index (κ2) is 5.87. The third-order valence-electron chi connectivity index (χ3n) is 3.65. The number of hydrogen-bond donors (Lipinski definition) is 1. The van der Waals surface area contributed by atoms with Crippen molar-refractivity contribution in [3.63, 3.8) is 0 Å². The summed E-state index contributed by atoms with van der Waals surface area (Å²) < 4.78 is 1.07. The van der Waals surface area contributed by atoms with Crippen LogP contribution in [-0.2, 0) is 6.42 Å². The van der Waals surface area contributed by atoms with Crippen LogP contribution < -0.4 is 0 Å². The smallest absolute Gasteiger partial charge is 0.0960 e. The highest BCUT2D eigenvalue weighted by atomic mass is 79.9. The first-order valence-corrected chi connectivity index (χ1v) is 8.44. The van der Waals surface area contributed by atoms with Crippen molar-refractivity contribution >= 4 is 38.0 Å². The van der Waals surface area contributed by atoms with Gasteiger partial charge in [0.1, 0.15) is 0 Å². The van der Waals surface area contributed by atoms with Gasteiger partial charge in [-0.1, -0.05) is 34.1 Å². The fourth-order valence-electron chi connectivity index (χ4n) is 2.35. The van der Waals surface area contributed by atoms with Gasteiger partial charge in [0.25, 0.3) is 0 Å². The van der Waals surface area contributed by atoms with Gasteiger partial charge in [-0.25, -0.2) is 4.98 Å². The Morgan fingerprint density at radius 1 is 1.14 bits per heavy atom. The van der Waals surface area contributed by atoms with Crippen molar-refractivity contribution in [3.8, 4) is 0 Å². The van der Waals surface area contributed by atoms with Gasteiger partial charge >= 0.3 is 0 Å². The molecule has 0 saturated heterocycles. The van der Waals surface area contributed by atoms with E-state index in [-0.39, 0.29) is 0 Å². The van der Waals surface area contributed by atoms with Gasteiger partial charge in [0, 0.05) is 15.8 Å². The molecule has 0 fully saturated rings. The zero-order chi connectivity index (χ0) is 15.0. The largest absolute Gasteiger partial charge is 0.388 e. The Morgan fingerprint density at radius 2 is 1.86 bits per heavy atom. The quantitative estimate of drug-likeness (QED) is 0.715. The minimum Gasteiger partial charge on any atom is -0.388 e. The van der Waals surface area contributed by atoms with Gasteiger partial charge in [-0.05, 0) is 48.4 Å². The maximum Gasteiger partial charge on any atom is 0.0960 e. The normalized spacial score (nSPS) is 12.8. The Balaban J connectivity index is 1.87. The maximum atomic E-state index is 10.4. The summed E-state index contributed by atoms with van der Waals surface area (Å²) in [5.41, 5.74) is 2.00. The summed E-state index contributed by atoms with van der Waals surface area (Å²) in [5.74, 6) is 0. The number of benzene rings is 2. The first-order chi connectivity index (χ1) is 10.0. The van der Waals surface area contributed by atoms with Gasteiger partial charge < -0.3 is 5.11 Å². The number of hydrogen-bond acceptors (Lipinski definition) is 3. The van der Waals surface area contributed by atoms with Crippen LogP contribution >= 0.6 is 27.3 Å². The van der Waals surface area contributed by atoms with E-state index < -0.39 is 6.10 Å². The topological polar surface area (TPSA) is 33.1 Å². The summed E-state index contributed by atoms with van der Waals surface area (Å²) in [6, 6.07) is 12.3. The molecule has 3 aromatic rings. The molecule has 21 heavy (non-hydrogen) atoms. The SMILES string of the molecule is Cc1nc(CC(O)c2ccc3cc(Br)ccc3c2)sc1C. The Hall–Kier alpha value is -1.23. The number of halogens is 1. The highest BCUT2D eigenvalue weighted by molar-refractivity contribution is 9.10. The number of thiazole rings is 1. The molecule has 0 bridgehead atoms. The van der Waals surface area contributed by atoms with Crippen LogP contribution in [0.25, 0.3) is 10.8 Å². The first-order valence-electron chi connectivity index (χ1n) is 6.83. The van der Waals surface area contributed by atoms with Crippen molar-refractivity contribution in [2.75, 3.05) is 0 Å². The lowest BCUT2D eigenvalue weighted by atomic mass is 10.0. The molecule has 3 rings (SSSR count). The van der Waals surface area contributed by atoms with E-state index in [2.05, 4.69) is 52.1 Å². The predicted molar refractivity (Wildman–Crippen MR) is 91.9 cm³/mol. The summed E-state index contributed by atoms with van der Waals surface area (Å²) in [5, 5.41) is 13.7. The third kappa shape index (κ3) is 3.18. The van der Waals surface area contributed by atoms with Gasteiger partial charge in [-0.2, -0.15) is 0 Å². The van der Waals surface area contributed by atoms with E-state index in [0.29, 0.717) is 6.42 Å². The van der Waals surface area contributed by atoms with Crippen molar-refractivity contribution in [3.05, 3.63) is 62.0 Å². The molecule has 0 aliphatic heterocycles. The molecular formula is C17H16BrNOS. The Bertz CT molecular complexity index is 777. The van der Waals surface area contributed by atoms with E-state index in [1.165, 1.54) is 10.3 Å². The third-order valence-corrected chi connectivity index (χ3v) is 5.24. The van der Waals surface area contributed by atoms with E-state index >= 15 is 0 Å². The van der Waals surface area contributed by atoms with Crippen LogP contribution in [-0.4, -0.2) is 10.1 Å². The number of rotatable bonds is 3. The van der Waals surface area contributed by atoms with Gasteiger partial charge in [0.15, 0.2) is 0 Å². The molecule has 1 heterocycles. The van der Waals surface area contributed by atoms with E-state index in [4.69, 9.17) is 0 Å². The lowest BCUT2D eigenvalue weighted by molar-refractivity contribution is 0.178. The minimum absolute atomic E-state index is 0.511. The van der Waals surface area contributed by atoms with Crippen LogP contribution in [0.2, 0.25) is 0 Å². The molecule has 1 unspecified atom stereocenters. The van der Waals surface area contributed by atoms with E-state index in [1.54, 1.807) is 11.3 Å². The maximum absolute atomic E-state index is 10.4. The van der Waals surface area contributed by atoms with Gasteiger partial charge in [0.05, 0.1) is 16.8 Å². The first kappa shape index (κ1) is 14.7. The van der Waals surface area contributed by atoms with Crippen molar-refractivity contribution in [2.45, 2.75) is 26.4 Å². The molecule has 1 atom stereocenters. The van der Waals surface area contributed by atoms with Crippen LogP contribution in [0, 0.1) is 13.8 Å². The van der Waals surface area contributed by atoms with E-state index in [1.807, 2.05) is 19.1 Å². The van der Waals surface area contributed by atoms with Crippen molar-refractivity contribution in [1.29, 1.82) is 0 Å². The summed E-state index contributed by atoms with van der Waals surface area (Å²) in [7, 11) is 0. The number of fused-ring (bicyclic) bond motifs is 1. The molecule has 2 aromatic carbocycles. The van der Waals surface area contributed by atoms with Crippen LogP contribution in [0.3, 0.4) is 0 Å². The molecule has 0 spiro atoms. The van der Waals surface area contributed by atoms with E-state index in [0.717, 1.165) is 26.1 Å². The molecule has 1 aromatic heterocycles. The lowest BCUT2D eigenvalue weighted by Gasteiger charge is -2.10. The van der Waals surface area contributed by atoms with Crippen molar-refractivity contribution < 1.29 is 5.11 Å². The molecule has 108 valence electrons. The minimum atomic E-state index is -0.511. The molecule has 0 aliphatic rings. The second-order valence-corrected chi connectivity index (χ2v) is 7.42. The molecule has 1 N–H and O–H groups in total. The number of aromatic nitrogens is 1. The molecule has 0 aliphatic carbocycles. The molecular weight excluding hydrogens is 346 g/mol. The summed E-state index contributed by atoms with van der Waals surface area (Å²) in [6.45, 7) is 4.08. The summed E-state index contributed by atoms with van der Waals surface area (Å²) in [4.78, 5) is 5.72. The molecule has 0 amide bonds. The monoisotopic (exact) mass is 361 g/mol. The van der Waals surface area contributed by atoms with Crippen LogP contribution in [0.4, 0.5) is 0 Å². The molecule has 4 heteroatoms. The van der Waals surface area contributed by atoms with Gasteiger partial charge in [0.2, 0.25) is 0 Å². The molecule has 0 radical (unpaired) electrons. The van der Waals surface area contributed by atoms with E-state index in [9.17, 15) is 5.11 Å². The van der Waals surface area contributed by atoms with Crippen molar-refractivity contribution in [1.82, 2.24) is 4.98 Å². The summed E-state index contributed by atoms with van der Waals surface area (Å²) >= 11 is 5.14.